The molecule has 3 unspecified atom stereocenters. The largest absolute Gasteiger partial charge is 0.459 e. The van der Waals surface area contributed by atoms with Crippen LogP contribution in [0.4, 0.5) is 0 Å². The summed E-state index contributed by atoms with van der Waals surface area (Å²) in [5, 5.41) is 71.8. The molecule has 6 N–H and O–H groups in total. The molecule has 18 atom stereocenters. The second kappa shape index (κ2) is 17.5. The second-order valence-electron chi connectivity index (χ2n) is 16.6. The van der Waals surface area contributed by atoms with Gasteiger partial charge in [0.1, 0.15) is 23.9 Å². The van der Waals surface area contributed by atoms with Crippen molar-refractivity contribution in [3.05, 3.63) is 0 Å². The zero-order valence-electron chi connectivity index (χ0n) is 33.4. The second-order valence-corrected chi connectivity index (χ2v) is 16.6. The van der Waals surface area contributed by atoms with E-state index in [0.717, 1.165) is 0 Å². The van der Waals surface area contributed by atoms with Crippen molar-refractivity contribution >= 4 is 11.7 Å². The predicted molar refractivity (Wildman–Crippen MR) is 190 cm³/mol. The first-order chi connectivity index (χ1) is 24.0. The van der Waals surface area contributed by atoms with E-state index >= 15 is 0 Å². The van der Waals surface area contributed by atoms with E-state index in [0.29, 0.717) is 6.42 Å². The van der Waals surface area contributed by atoms with Gasteiger partial charge < -0.3 is 64.1 Å². The highest BCUT2D eigenvalue weighted by molar-refractivity contribution is 5.88. The number of likely N-dealkylation sites (N-methyl/N-ethyl adjacent to an activating group) is 1. The van der Waals surface area contributed by atoms with Gasteiger partial charge in [-0.15, -0.1) is 0 Å². The van der Waals surface area contributed by atoms with Crippen LogP contribution in [0.2, 0.25) is 0 Å². The molecule has 304 valence electrons. The molecule has 0 aliphatic carbocycles. The van der Waals surface area contributed by atoms with Gasteiger partial charge in [-0.3, -0.25) is 4.79 Å². The van der Waals surface area contributed by atoms with Gasteiger partial charge in [0.15, 0.2) is 12.6 Å². The van der Waals surface area contributed by atoms with Crippen molar-refractivity contribution in [3.8, 4) is 0 Å². The van der Waals surface area contributed by atoms with Crippen LogP contribution < -0.4 is 0 Å². The lowest BCUT2D eigenvalue weighted by atomic mass is 9.73. The molecule has 0 aromatic carbocycles. The summed E-state index contributed by atoms with van der Waals surface area (Å²) in [6, 6.07) is -0.322. The Bertz CT molecular complexity index is 1200. The van der Waals surface area contributed by atoms with Gasteiger partial charge in [-0.1, -0.05) is 32.9 Å². The molecule has 0 radical (unpaired) electrons. The molecule has 0 bridgehead atoms. The smallest absolute Gasteiger partial charge is 0.311 e. The molecule has 0 aromatic heterocycles. The Kier molecular flexibility index (Phi) is 15.1. The fraction of sp³-hybridized carbons (Fsp3) is 0.946. The van der Waals surface area contributed by atoms with E-state index in [1.165, 1.54) is 14.0 Å². The van der Waals surface area contributed by atoms with Crippen LogP contribution in [0.3, 0.4) is 0 Å². The Morgan fingerprint density at radius 2 is 1.54 bits per heavy atom. The minimum atomic E-state index is -1.97. The van der Waals surface area contributed by atoms with Crippen LogP contribution in [0.15, 0.2) is 5.16 Å². The van der Waals surface area contributed by atoms with Crippen molar-refractivity contribution < 1.29 is 64.0 Å². The number of hydrogen-bond acceptors (Lipinski definition) is 15. The summed E-state index contributed by atoms with van der Waals surface area (Å²) < 4.78 is 37.2. The maximum Gasteiger partial charge on any atom is 0.311 e. The average molecular weight is 749 g/mol. The van der Waals surface area contributed by atoms with E-state index < -0.39 is 102 Å². The normalized spacial score (nSPS) is 49.8. The van der Waals surface area contributed by atoms with Crippen LogP contribution in [0.1, 0.15) is 94.9 Å². The van der Waals surface area contributed by atoms with Gasteiger partial charge in [0.25, 0.3) is 0 Å². The summed E-state index contributed by atoms with van der Waals surface area (Å²) in [6.45, 7) is 16.6. The first-order valence-corrected chi connectivity index (χ1v) is 18.7. The molecule has 0 amide bonds. The van der Waals surface area contributed by atoms with E-state index in [1.807, 2.05) is 25.9 Å². The van der Waals surface area contributed by atoms with Gasteiger partial charge in [-0.05, 0) is 74.9 Å². The third-order valence-corrected chi connectivity index (χ3v) is 12.0. The first-order valence-electron chi connectivity index (χ1n) is 18.7. The monoisotopic (exact) mass is 748 g/mol. The zero-order valence-corrected chi connectivity index (χ0v) is 33.4. The Labute approximate surface area is 309 Å². The zero-order chi connectivity index (χ0) is 39.7. The van der Waals surface area contributed by atoms with Gasteiger partial charge >= 0.3 is 5.97 Å². The van der Waals surface area contributed by atoms with Crippen molar-refractivity contribution in [2.45, 2.75) is 179 Å². The van der Waals surface area contributed by atoms with Crippen LogP contribution in [0, 0.1) is 23.7 Å². The maximum absolute atomic E-state index is 14.1. The maximum atomic E-state index is 14.1. The molecule has 3 fully saturated rings. The number of carbonyl (C=O) groups is 1. The van der Waals surface area contributed by atoms with Gasteiger partial charge in [0, 0.05) is 37.3 Å². The highest BCUT2D eigenvalue weighted by Crippen LogP contribution is 2.41. The molecule has 15 nitrogen and oxygen atoms in total. The number of aliphatic hydroxyl groups excluding tert-OH is 3. The number of carbonyl (C=O) groups excluding carboxylic acids is 1. The summed E-state index contributed by atoms with van der Waals surface area (Å²) in [5.41, 5.74) is -4.68. The fourth-order valence-corrected chi connectivity index (χ4v) is 8.61. The lowest BCUT2D eigenvalue weighted by Gasteiger charge is -2.49. The number of rotatable bonds is 7. The molecular weight excluding hydrogens is 680 g/mol. The summed E-state index contributed by atoms with van der Waals surface area (Å²) >= 11 is 0. The SMILES string of the molecule is CC[C@H]1OC(=O)[C@H](C)[C@@H](OC2C[C@@](C)(OC)[C@@H](O)[C@H](C)O2)[C@H](C)[C@@H](OC2O[C@H](C)C[C@H](N(C)C)[C@H]2O)[C@@](C)(O)C[C@@H](C)/C(=N\O)C(C)[C@@H](O)[C@]1(C)O. The predicted octanol–water partition coefficient (Wildman–Crippen LogP) is 2.05. The van der Waals surface area contributed by atoms with Gasteiger partial charge in [0.2, 0.25) is 0 Å². The molecule has 15 heteroatoms. The first kappa shape index (κ1) is 44.9. The minimum absolute atomic E-state index is 0.0657. The van der Waals surface area contributed by atoms with Gasteiger partial charge in [-0.25, -0.2) is 0 Å². The summed E-state index contributed by atoms with van der Waals surface area (Å²) in [4.78, 5) is 16.0. The lowest BCUT2D eigenvalue weighted by Crippen LogP contribution is -2.61. The summed E-state index contributed by atoms with van der Waals surface area (Å²) in [5.74, 6) is -4.24. The minimum Gasteiger partial charge on any atom is -0.459 e. The number of ether oxygens (including phenoxy) is 6. The molecule has 3 saturated heterocycles. The Morgan fingerprint density at radius 3 is 2.08 bits per heavy atom. The number of cyclic esters (lactones) is 1. The highest BCUT2D eigenvalue weighted by atomic mass is 16.7. The number of methoxy groups -OCH3 is 1. The lowest BCUT2D eigenvalue weighted by molar-refractivity contribution is -0.317. The van der Waals surface area contributed by atoms with Crippen molar-refractivity contribution in [2.75, 3.05) is 21.2 Å². The molecule has 0 saturated carbocycles. The fourth-order valence-electron chi connectivity index (χ4n) is 8.61. The molecule has 3 aliphatic rings. The number of aliphatic hydroxyl groups is 5. The number of oxime groups is 1. The van der Waals surface area contributed by atoms with Crippen LogP contribution >= 0.6 is 0 Å². The Balaban J connectivity index is 2.21. The van der Waals surface area contributed by atoms with Gasteiger partial charge in [0.05, 0.1) is 53.4 Å². The molecule has 3 aliphatic heterocycles. The van der Waals surface area contributed by atoms with Crippen LogP contribution in [-0.2, 0) is 33.2 Å². The highest BCUT2D eigenvalue weighted by Gasteiger charge is 2.53. The Morgan fingerprint density at radius 1 is 0.923 bits per heavy atom. The quantitative estimate of drug-likeness (QED) is 0.125. The summed E-state index contributed by atoms with van der Waals surface area (Å²) in [6.07, 6.45) is -9.51. The molecular formula is C37H68N2O13. The van der Waals surface area contributed by atoms with Crippen molar-refractivity contribution in [3.63, 3.8) is 0 Å². The van der Waals surface area contributed by atoms with E-state index in [-0.39, 0.29) is 37.1 Å². The Hall–Kier alpha value is -1.50. The van der Waals surface area contributed by atoms with E-state index in [1.54, 1.807) is 55.4 Å². The number of hydrogen-bond donors (Lipinski definition) is 6. The number of nitrogens with zero attached hydrogens (tertiary/aromatic N) is 2. The topological polar surface area (TPSA) is 209 Å². The molecule has 3 rings (SSSR count). The number of esters is 1. The molecule has 0 spiro atoms. The van der Waals surface area contributed by atoms with Crippen LogP contribution in [0.25, 0.3) is 0 Å². The van der Waals surface area contributed by atoms with Crippen molar-refractivity contribution in [1.29, 1.82) is 0 Å². The molecule has 3 heterocycles. The van der Waals surface area contributed by atoms with Crippen LogP contribution in [-0.4, -0.2) is 153 Å². The van der Waals surface area contributed by atoms with E-state index in [9.17, 15) is 35.5 Å². The van der Waals surface area contributed by atoms with Gasteiger partial charge in [-0.2, -0.15) is 0 Å². The third kappa shape index (κ3) is 9.47. The molecule has 0 aromatic rings. The standard InChI is InChI=1S/C37H68N2O13/c1-14-25-37(10,45)30(41)20(4)27(38-46)18(2)16-35(8,44)32(52-34-28(40)24(39(11)12)15-19(3)48-34)21(5)29(22(6)33(43)50-25)51-26-17-36(9,47-13)31(42)23(7)49-26/h18-26,28-32,34,40-42,44-46H,14-17H2,1-13H3/b38-27+/t18-,19-,20?,21+,22-,23+,24+,25-,26?,28-,29+,30-,31+,32-,34?,35+,36-,37-/m1/s1. The molecule has 52 heavy (non-hydrogen) atoms. The van der Waals surface area contributed by atoms with Crippen molar-refractivity contribution in [1.82, 2.24) is 4.90 Å². The average Bonchev–Trinajstić information content (AvgIpc) is 3.06. The van der Waals surface area contributed by atoms with Crippen LogP contribution in [0.5, 0.6) is 0 Å². The van der Waals surface area contributed by atoms with E-state index in [2.05, 4.69) is 5.16 Å². The third-order valence-electron chi connectivity index (χ3n) is 12.0. The van der Waals surface area contributed by atoms with E-state index in [4.69, 9.17) is 28.4 Å². The summed E-state index contributed by atoms with van der Waals surface area (Å²) in [7, 11) is 5.19. The van der Waals surface area contributed by atoms with Crippen molar-refractivity contribution in [2.24, 2.45) is 28.8 Å².